The maximum Gasteiger partial charge on any atom is 0.246 e. The summed E-state index contributed by atoms with van der Waals surface area (Å²) in [5.74, 6) is -0.489. The van der Waals surface area contributed by atoms with Gasteiger partial charge in [0.25, 0.3) is 0 Å². The summed E-state index contributed by atoms with van der Waals surface area (Å²) in [4.78, 5) is 22.8. The van der Waals surface area contributed by atoms with E-state index in [1.54, 1.807) is 14.0 Å². The molecule has 0 heterocycles. The topological polar surface area (TPSA) is 76.7 Å². The minimum Gasteiger partial charge on any atom is -0.382 e. The van der Waals surface area contributed by atoms with Gasteiger partial charge in [0.15, 0.2) is 0 Å². The molecule has 0 saturated heterocycles. The minimum atomic E-state index is -0.542. The smallest absolute Gasteiger partial charge is 0.246 e. The molecule has 17 heavy (non-hydrogen) atoms. The van der Waals surface area contributed by atoms with Crippen molar-refractivity contribution in [3.05, 3.63) is 0 Å². The van der Waals surface area contributed by atoms with Gasteiger partial charge < -0.3 is 20.1 Å². The molecule has 0 aromatic heterocycles. The van der Waals surface area contributed by atoms with Gasteiger partial charge in [-0.15, -0.1) is 0 Å². The fourth-order valence-corrected chi connectivity index (χ4v) is 1.06. The SMILES string of the molecule is CCCNC(=O)C(C)NC(=O)COCCOC. The Bertz CT molecular complexity index is 234. The summed E-state index contributed by atoms with van der Waals surface area (Å²) in [6, 6.07) is -0.542. The van der Waals surface area contributed by atoms with Crippen LogP contribution in [0.15, 0.2) is 0 Å². The summed E-state index contributed by atoms with van der Waals surface area (Å²) in [5.41, 5.74) is 0. The van der Waals surface area contributed by atoms with E-state index in [4.69, 9.17) is 9.47 Å². The normalized spacial score (nSPS) is 11.9. The second-order valence-electron chi connectivity index (χ2n) is 3.63. The number of nitrogens with one attached hydrogen (secondary N) is 2. The molecule has 0 fully saturated rings. The van der Waals surface area contributed by atoms with E-state index in [2.05, 4.69) is 10.6 Å². The Labute approximate surface area is 102 Å². The van der Waals surface area contributed by atoms with Crippen molar-refractivity contribution >= 4 is 11.8 Å². The van der Waals surface area contributed by atoms with Crippen LogP contribution in [0.4, 0.5) is 0 Å². The Kier molecular flexibility index (Phi) is 9.37. The molecule has 1 unspecified atom stereocenters. The number of ether oxygens (including phenoxy) is 2. The maximum atomic E-state index is 11.4. The Balaban J connectivity index is 3.67. The molecule has 0 saturated carbocycles. The standard InChI is InChI=1S/C11H22N2O4/c1-4-5-12-11(15)9(2)13-10(14)8-17-7-6-16-3/h9H,4-8H2,1-3H3,(H,12,15)(H,13,14). The van der Waals surface area contributed by atoms with Crippen LogP contribution >= 0.6 is 0 Å². The number of rotatable bonds is 9. The maximum absolute atomic E-state index is 11.4. The molecule has 0 aromatic carbocycles. The predicted octanol–water partition coefficient (Wildman–Crippen LogP) is -0.320. The van der Waals surface area contributed by atoms with Gasteiger partial charge in [0.2, 0.25) is 11.8 Å². The molecule has 0 spiro atoms. The van der Waals surface area contributed by atoms with E-state index in [9.17, 15) is 9.59 Å². The molecule has 2 N–H and O–H groups in total. The van der Waals surface area contributed by atoms with Crippen LogP contribution in [0.25, 0.3) is 0 Å². The lowest BCUT2D eigenvalue weighted by molar-refractivity contribution is -0.131. The summed E-state index contributed by atoms with van der Waals surface area (Å²) in [6.07, 6.45) is 0.868. The number of hydrogen-bond acceptors (Lipinski definition) is 4. The number of hydrogen-bond donors (Lipinski definition) is 2. The summed E-state index contributed by atoms with van der Waals surface area (Å²) < 4.78 is 9.80. The van der Waals surface area contributed by atoms with Crippen molar-refractivity contribution in [2.24, 2.45) is 0 Å². The van der Waals surface area contributed by atoms with E-state index in [1.807, 2.05) is 6.92 Å². The first-order valence-electron chi connectivity index (χ1n) is 5.75. The van der Waals surface area contributed by atoms with E-state index >= 15 is 0 Å². The van der Waals surface area contributed by atoms with Crippen molar-refractivity contribution in [2.45, 2.75) is 26.3 Å². The lowest BCUT2D eigenvalue weighted by Gasteiger charge is -2.13. The number of amides is 2. The first-order valence-corrected chi connectivity index (χ1v) is 5.75. The molecule has 1 atom stereocenters. The Hall–Kier alpha value is -1.14. The zero-order valence-corrected chi connectivity index (χ0v) is 10.7. The van der Waals surface area contributed by atoms with Crippen LogP contribution in [0.2, 0.25) is 0 Å². The zero-order valence-electron chi connectivity index (χ0n) is 10.7. The first kappa shape index (κ1) is 15.9. The Morgan fingerprint density at radius 3 is 2.59 bits per heavy atom. The van der Waals surface area contributed by atoms with Gasteiger partial charge in [-0.25, -0.2) is 0 Å². The molecule has 0 aromatic rings. The summed E-state index contributed by atoms with van der Waals surface area (Å²) >= 11 is 0. The predicted molar refractivity (Wildman–Crippen MR) is 63.6 cm³/mol. The molecule has 0 radical (unpaired) electrons. The second kappa shape index (κ2) is 10.0. The molecule has 2 amide bonds. The first-order chi connectivity index (χ1) is 8.11. The monoisotopic (exact) mass is 246 g/mol. The van der Waals surface area contributed by atoms with Crippen molar-refractivity contribution in [3.8, 4) is 0 Å². The molecule has 0 bridgehead atoms. The van der Waals surface area contributed by atoms with E-state index < -0.39 is 6.04 Å². The largest absolute Gasteiger partial charge is 0.382 e. The number of methoxy groups -OCH3 is 1. The highest BCUT2D eigenvalue weighted by molar-refractivity contribution is 5.87. The quantitative estimate of drug-likeness (QED) is 0.547. The zero-order chi connectivity index (χ0) is 13.1. The summed E-state index contributed by atoms with van der Waals surface area (Å²) in [6.45, 7) is 4.96. The van der Waals surface area contributed by atoms with Crippen LogP contribution in [-0.2, 0) is 19.1 Å². The van der Waals surface area contributed by atoms with Gasteiger partial charge in [-0.1, -0.05) is 6.92 Å². The van der Waals surface area contributed by atoms with Crippen LogP contribution in [0, 0.1) is 0 Å². The van der Waals surface area contributed by atoms with Gasteiger partial charge >= 0.3 is 0 Å². The van der Waals surface area contributed by atoms with Gasteiger partial charge in [0.05, 0.1) is 13.2 Å². The fourth-order valence-electron chi connectivity index (χ4n) is 1.06. The molecule has 0 aliphatic rings. The molecule has 100 valence electrons. The average molecular weight is 246 g/mol. The highest BCUT2D eigenvalue weighted by Crippen LogP contribution is 1.84. The van der Waals surface area contributed by atoms with Gasteiger partial charge in [0, 0.05) is 13.7 Å². The molecule has 0 aliphatic heterocycles. The Morgan fingerprint density at radius 1 is 1.29 bits per heavy atom. The van der Waals surface area contributed by atoms with Gasteiger partial charge in [-0.3, -0.25) is 9.59 Å². The average Bonchev–Trinajstić information content (AvgIpc) is 2.31. The van der Waals surface area contributed by atoms with E-state index in [0.717, 1.165) is 6.42 Å². The number of carbonyl (C=O) groups excluding carboxylic acids is 2. The lowest BCUT2D eigenvalue weighted by atomic mass is 10.3. The van der Waals surface area contributed by atoms with Crippen molar-refractivity contribution in [1.82, 2.24) is 10.6 Å². The van der Waals surface area contributed by atoms with Gasteiger partial charge in [-0.2, -0.15) is 0 Å². The third kappa shape index (κ3) is 8.65. The van der Waals surface area contributed by atoms with Crippen LogP contribution in [-0.4, -0.2) is 51.3 Å². The third-order valence-corrected chi connectivity index (χ3v) is 1.98. The van der Waals surface area contributed by atoms with Crippen molar-refractivity contribution in [3.63, 3.8) is 0 Å². The minimum absolute atomic E-state index is 0.0608. The fraction of sp³-hybridized carbons (Fsp3) is 0.818. The molecular formula is C11H22N2O4. The number of carbonyl (C=O) groups is 2. The molecular weight excluding hydrogens is 224 g/mol. The van der Waals surface area contributed by atoms with Gasteiger partial charge in [-0.05, 0) is 13.3 Å². The molecule has 0 aliphatic carbocycles. The van der Waals surface area contributed by atoms with E-state index in [1.165, 1.54) is 0 Å². The third-order valence-electron chi connectivity index (χ3n) is 1.98. The molecule has 6 nitrogen and oxygen atoms in total. The Morgan fingerprint density at radius 2 is 2.00 bits per heavy atom. The summed E-state index contributed by atoms with van der Waals surface area (Å²) in [5, 5.41) is 5.25. The van der Waals surface area contributed by atoms with E-state index in [-0.39, 0.29) is 18.4 Å². The highest BCUT2D eigenvalue weighted by Gasteiger charge is 2.14. The van der Waals surface area contributed by atoms with Crippen LogP contribution in [0.5, 0.6) is 0 Å². The van der Waals surface area contributed by atoms with Crippen molar-refractivity contribution in [2.75, 3.05) is 33.5 Å². The summed E-state index contributed by atoms with van der Waals surface area (Å²) in [7, 11) is 1.56. The second-order valence-corrected chi connectivity index (χ2v) is 3.63. The van der Waals surface area contributed by atoms with Crippen molar-refractivity contribution in [1.29, 1.82) is 0 Å². The van der Waals surface area contributed by atoms with Crippen LogP contribution < -0.4 is 10.6 Å². The van der Waals surface area contributed by atoms with Crippen LogP contribution in [0.3, 0.4) is 0 Å². The molecule has 6 heteroatoms. The highest BCUT2D eigenvalue weighted by atomic mass is 16.5. The molecule has 0 rings (SSSR count). The van der Waals surface area contributed by atoms with Crippen molar-refractivity contribution < 1.29 is 19.1 Å². The van der Waals surface area contributed by atoms with E-state index in [0.29, 0.717) is 19.8 Å². The van der Waals surface area contributed by atoms with Crippen LogP contribution in [0.1, 0.15) is 20.3 Å². The lowest BCUT2D eigenvalue weighted by Crippen LogP contribution is -2.46. The van der Waals surface area contributed by atoms with Gasteiger partial charge in [0.1, 0.15) is 12.6 Å².